The van der Waals surface area contributed by atoms with Gasteiger partial charge in [0, 0.05) is 32.4 Å². The first-order valence-electron chi connectivity index (χ1n) is 27.4. The molecule has 0 fully saturated rings. The minimum absolute atomic E-state index is 0.0105. The van der Waals surface area contributed by atoms with E-state index in [1.54, 1.807) is 14.0 Å². The molecule has 0 spiro atoms. The summed E-state index contributed by atoms with van der Waals surface area (Å²) in [6, 6.07) is -3.36. The van der Waals surface area contributed by atoms with Crippen LogP contribution < -0.4 is 31.9 Å². The molecular formula is C55H98N6O16. The zero-order valence-electron chi connectivity index (χ0n) is 48.7. The van der Waals surface area contributed by atoms with Crippen LogP contribution in [-0.2, 0) is 71.7 Å². The van der Waals surface area contributed by atoms with Gasteiger partial charge in [0.15, 0.2) is 0 Å². The lowest BCUT2D eigenvalue weighted by atomic mass is 10.0. The smallest absolute Gasteiger partial charge is 0.331 e. The summed E-state index contributed by atoms with van der Waals surface area (Å²) in [6.45, 7) is 22.3. The minimum Gasteiger partial charge on any atom is -0.480 e. The summed E-state index contributed by atoms with van der Waals surface area (Å²) < 4.78 is 14.9. The van der Waals surface area contributed by atoms with Crippen LogP contribution in [-0.4, -0.2) is 134 Å². The minimum atomic E-state index is -1.19. The molecule has 22 heteroatoms. The van der Waals surface area contributed by atoms with Crippen LogP contribution >= 0.6 is 0 Å². The SMILES string of the molecule is CCC(=O)CCCCCCCCC(=O)NCCCCNC(=O)CC(C)=O.CCOC(=O)C(CC(C)C)NC(=O)CC(C)=O.CNC(CC(C)C)C(=O)OCOC(=O)C(CC(C)C)NC(=O)CC(=O)NC(CC(C)C)C(=O)O. The lowest BCUT2D eigenvalue weighted by molar-refractivity contribution is -0.171. The molecule has 0 heterocycles. The molecule has 0 aromatic rings. The normalized spacial score (nSPS) is 12.3. The fraction of sp³-hybridized carbons (Fsp3) is 0.782. The molecular weight excluding hydrogens is 1000 g/mol. The van der Waals surface area contributed by atoms with Crippen LogP contribution in [0.4, 0.5) is 0 Å². The van der Waals surface area contributed by atoms with E-state index < -0.39 is 79.0 Å². The van der Waals surface area contributed by atoms with Crippen molar-refractivity contribution in [1.29, 1.82) is 0 Å². The second kappa shape index (κ2) is 46.3. The lowest BCUT2D eigenvalue weighted by Crippen LogP contribution is -2.47. The van der Waals surface area contributed by atoms with E-state index in [9.17, 15) is 62.6 Å². The molecule has 0 radical (unpaired) electrons. The number of ketones is 3. The summed E-state index contributed by atoms with van der Waals surface area (Å²) >= 11 is 0. The van der Waals surface area contributed by atoms with Gasteiger partial charge in [-0.25, -0.2) is 14.4 Å². The third-order valence-corrected chi connectivity index (χ3v) is 10.9. The largest absolute Gasteiger partial charge is 0.480 e. The number of carboxylic acid groups (broad SMARTS) is 1. The molecule has 0 aliphatic carbocycles. The summed E-state index contributed by atoms with van der Waals surface area (Å²) in [5, 5.41) is 24.9. The van der Waals surface area contributed by atoms with Crippen molar-refractivity contribution in [3.05, 3.63) is 0 Å². The van der Waals surface area contributed by atoms with Gasteiger partial charge >= 0.3 is 23.9 Å². The van der Waals surface area contributed by atoms with Crippen molar-refractivity contribution < 1.29 is 76.9 Å². The molecule has 0 bridgehead atoms. The molecule has 0 aliphatic heterocycles. The van der Waals surface area contributed by atoms with Crippen molar-refractivity contribution >= 4 is 70.8 Å². The van der Waals surface area contributed by atoms with Gasteiger partial charge in [-0.2, -0.15) is 0 Å². The Hall–Kier alpha value is -5.80. The number of esters is 3. The second-order valence-corrected chi connectivity index (χ2v) is 20.7. The van der Waals surface area contributed by atoms with E-state index in [2.05, 4.69) is 31.9 Å². The molecule has 7 N–H and O–H groups in total. The van der Waals surface area contributed by atoms with Crippen molar-refractivity contribution in [1.82, 2.24) is 31.9 Å². The van der Waals surface area contributed by atoms with Crippen LogP contribution in [0.3, 0.4) is 0 Å². The molecule has 0 aliphatic rings. The van der Waals surface area contributed by atoms with Gasteiger partial charge in [-0.1, -0.05) is 88.0 Å². The van der Waals surface area contributed by atoms with E-state index in [1.165, 1.54) is 13.8 Å². The topological polar surface area (TPSA) is 325 Å². The fourth-order valence-corrected chi connectivity index (χ4v) is 7.14. The first-order chi connectivity index (χ1) is 36.1. The van der Waals surface area contributed by atoms with E-state index in [1.807, 2.05) is 62.3 Å². The number of nitrogens with one attached hydrogen (secondary N) is 6. The molecule has 0 saturated heterocycles. The van der Waals surface area contributed by atoms with Crippen LogP contribution in [0.2, 0.25) is 0 Å². The Balaban J connectivity index is -0.00000113. The maximum absolute atomic E-state index is 12.5. The lowest BCUT2D eigenvalue weighted by Gasteiger charge is -2.21. The number of rotatable bonds is 40. The molecule has 77 heavy (non-hydrogen) atoms. The highest BCUT2D eigenvalue weighted by atomic mass is 16.7. The fourth-order valence-electron chi connectivity index (χ4n) is 7.14. The predicted molar refractivity (Wildman–Crippen MR) is 290 cm³/mol. The van der Waals surface area contributed by atoms with E-state index >= 15 is 0 Å². The molecule has 0 aromatic carbocycles. The third kappa shape index (κ3) is 47.2. The Morgan fingerprint density at radius 3 is 1.21 bits per heavy atom. The van der Waals surface area contributed by atoms with Gasteiger partial charge in [-0.15, -0.1) is 0 Å². The Morgan fingerprint density at radius 1 is 0.429 bits per heavy atom. The maximum Gasteiger partial charge on any atom is 0.331 e. The van der Waals surface area contributed by atoms with Crippen LogP contribution in [0, 0.1) is 23.7 Å². The number of hydrogen-bond acceptors (Lipinski definition) is 16. The number of hydrogen-bond donors (Lipinski definition) is 7. The predicted octanol–water partition coefficient (Wildman–Crippen LogP) is 5.34. The van der Waals surface area contributed by atoms with Crippen molar-refractivity contribution in [2.45, 2.75) is 223 Å². The van der Waals surface area contributed by atoms with Crippen molar-refractivity contribution in [2.75, 3.05) is 33.5 Å². The average molecular weight is 1100 g/mol. The number of Topliss-reactive ketones (excluding diaryl/α,β-unsaturated/α-hetero) is 3. The van der Waals surface area contributed by atoms with Crippen molar-refractivity contribution in [3.63, 3.8) is 0 Å². The zero-order valence-corrected chi connectivity index (χ0v) is 48.7. The van der Waals surface area contributed by atoms with Crippen LogP contribution in [0.5, 0.6) is 0 Å². The zero-order chi connectivity index (χ0) is 59.5. The molecule has 4 unspecified atom stereocenters. The van der Waals surface area contributed by atoms with E-state index in [0.717, 1.165) is 51.4 Å². The number of amides is 5. The molecule has 0 aromatic heterocycles. The van der Waals surface area contributed by atoms with Gasteiger partial charge in [-0.3, -0.25) is 43.2 Å². The van der Waals surface area contributed by atoms with Gasteiger partial charge in [0.05, 0.1) is 19.4 Å². The number of ether oxygens (including phenoxy) is 3. The standard InChI is InChI=1S/C23H41N3O8.C20H36N2O4.C12H21NO4/c1-13(2)8-16(21(29)30)25-19(27)11-20(28)26-18(10-15(5)6)23(32)34-12-33-22(31)17(24-7)9-14(3)4;1-3-18(24)12-8-6-4-5-7-9-13-19(25)21-14-10-11-15-22-20(26)16-17(2)23;1-5-17-12(16)10(6-8(2)3)13-11(15)7-9(4)14/h13-18,24H,8-12H2,1-7H3,(H,25,27)(H,26,28)(H,29,30);3-16H2,1-2H3,(H,21,25)(H,22,26);8,10H,5-7H2,1-4H3,(H,13,15). The molecule has 444 valence electrons. The second-order valence-electron chi connectivity index (χ2n) is 20.7. The monoisotopic (exact) mass is 1100 g/mol. The highest BCUT2D eigenvalue weighted by Crippen LogP contribution is 2.12. The highest BCUT2D eigenvalue weighted by Gasteiger charge is 2.28. The van der Waals surface area contributed by atoms with Crippen LogP contribution in [0.1, 0.15) is 199 Å². The summed E-state index contributed by atoms with van der Waals surface area (Å²) in [6.07, 6.45) is 10.4. The van der Waals surface area contributed by atoms with Crippen molar-refractivity contribution in [3.8, 4) is 0 Å². The third-order valence-electron chi connectivity index (χ3n) is 10.9. The van der Waals surface area contributed by atoms with Gasteiger partial charge in [-0.05, 0) is 103 Å². The number of likely N-dealkylation sites (N-methyl/N-ethyl adjacent to an activating group) is 1. The molecule has 4 atom stereocenters. The maximum atomic E-state index is 12.5. The molecule has 0 rings (SSSR count). The summed E-state index contributed by atoms with van der Waals surface area (Å²) in [4.78, 5) is 139. The number of carboxylic acids is 1. The Labute approximate surface area is 458 Å². The van der Waals surface area contributed by atoms with E-state index in [-0.39, 0.29) is 79.3 Å². The van der Waals surface area contributed by atoms with Gasteiger partial charge in [0.2, 0.25) is 36.3 Å². The number of unbranched alkanes of at least 4 members (excludes halogenated alkanes) is 6. The van der Waals surface area contributed by atoms with Gasteiger partial charge in [0.1, 0.15) is 47.9 Å². The number of carbonyl (C=O) groups excluding carboxylic acids is 11. The molecule has 5 amide bonds. The van der Waals surface area contributed by atoms with Crippen LogP contribution in [0.25, 0.3) is 0 Å². The summed E-state index contributed by atoms with van der Waals surface area (Å²) in [5.74, 6) is -4.57. The van der Waals surface area contributed by atoms with Crippen molar-refractivity contribution in [2.24, 2.45) is 23.7 Å². The van der Waals surface area contributed by atoms with Gasteiger partial charge < -0.3 is 51.2 Å². The Morgan fingerprint density at radius 2 is 0.792 bits per heavy atom. The highest BCUT2D eigenvalue weighted by molar-refractivity contribution is 6.00. The Kier molecular flexibility index (Phi) is 45.4. The van der Waals surface area contributed by atoms with Gasteiger partial charge in [0.25, 0.3) is 0 Å². The molecule has 22 nitrogen and oxygen atoms in total. The average Bonchev–Trinajstić information content (AvgIpc) is 3.31. The first kappa shape index (κ1) is 75.4. The number of carbonyl (C=O) groups is 12. The van der Waals surface area contributed by atoms with Crippen LogP contribution in [0.15, 0.2) is 0 Å². The molecule has 0 saturated carbocycles. The number of aliphatic carboxylic acids is 1. The first-order valence-corrected chi connectivity index (χ1v) is 27.4. The van der Waals surface area contributed by atoms with E-state index in [4.69, 9.17) is 14.2 Å². The Bertz CT molecular complexity index is 1800. The quantitative estimate of drug-likeness (QED) is 0.0176. The summed E-state index contributed by atoms with van der Waals surface area (Å²) in [5.41, 5.74) is 0. The summed E-state index contributed by atoms with van der Waals surface area (Å²) in [7, 11) is 1.63. The van der Waals surface area contributed by atoms with E-state index in [0.29, 0.717) is 51.0 Å².